The highest BCUT2D eigenvalue weighted by Gasteiger charge is 2.32. The van der Waals surface area contributed by atoms with Crippen molar-refractivity contribution < 1.29 is 18.0 Å². The van der Waals surface area contributed by atoms with Gasteiger partial charge in [-0.25, -0.2) is 8.42 Å². The molecule has 0 radical (unpaired) electrons. The van der Waals surface area contributed by atoms with Crippen LogP contribution in [0.1, 0.15) is 38.3 Å². The van der Waals surface area contributed by atoms with E-state index in [-0.39, 0.29) is 29.1 Å². The van der Waals surface area contributed by atoms with Crippen molar-refractivity contribution >= 4 is 39.1 Å². The van der Waals surface area contributed by atoms with Gasteiger partial charge in [0.15, 0.2) is 0 Å². The first-order valence-electron chi connectivity index (χ1n) is 11.3. The lowest BCUT2D eigenvalue weighted by Crippen LogP contribution is -2.52. The number of nitrogens with zero attached hydrogens (tertiary/aromatic N) is 2. The first kappa shape index (κ1) is 27.7. The number of carbonyl (C=O) groups excluding carboxylic acids is 2. The Morgan fingerprint density at radius 2 is 1.68 bits per heavy atom. The number of para-hydroxylation sites is 1. The highest BCUT2D eigenvalue weighted by Crippen LogP contribution is 2.27. The second-order valence-corrected chi connectivity index (χ2v) is 11.1. The Morgan fingerprint density at radius 3 is 2.21 bits per heavy atom. The van der Waals surface area contributed by atoms with Crippen LogP contribution >= 0.6 is 11.6 Å². The molecule has 2 rings (SSSR count). The second kappa shape index (κ2) is 12.2. The molecule has 0 spiro atoms. The Bertz CT molecular complexity index is 1090. The van der Waals surface area contributed by atoms with Crippen LogP contribution in [0.15, 0.2) is 48.5 Å². The average Bonchev–Trinajstić information content (AvgIpc) is 2.77. The number of sulfonamides is 1. The summed E-state index contributed by atoms with van der Waals surface area (Å²) in [7, 11) is -3.82. The fourth-order valence-electron chi connectivity index (χ4n) is 3.48. The summed E-state index contributed by atoms with van der Waals surface area (Å²) in [5.74, 6) is -0.499. The van der Waals surface area contributed by atoms with E-state index in [1.807, 2.05) is 52.0 Å². The number of carbonyl (C=O) groups is 2. The summed E-state index contributed by atoms with van der Waals surface area (Å²) in [4.78, 5) is 28.1. The first-order chi connectivity index (χ1) is 15.9. The molecule has 186 valence electrons. The zero-order chi connectivity index (χ0) is 25.5. The molecule has 0 fully saturated rings. The van der Waals surface area contributed by atoms with E-state index in [0.717, 1.165) is 21.7 Å². The lowest BCUT2D eigenvalue weighted by Gasteiger charge is -2.33. The van der Waals surface area contributed by atoms with Crippen LogP contribution in [-0.4, -0.2) is 50.5 Å². The van der Waals surface area contributed by atoms with E-state index >= 15 is 0 Å². The Balaban J connectivity index is 2.42. The van der Waals surface area contributed by atoms with Crippen molar-refractivity contribution in [2.24, 2.45) is 5.92 Å². The number of anilines is 1. The molecule has 1 atom stereocenters. The molecule has 2 amide bonds. The van der Waals surface area contributed by atoms with Gasteiger partial charge in [0.25, 0.3) is 0 Å². The van der Waals surface area contributed by atoms with Gasteiger partial charge in [-0.2, -0.15) is 0 Å². The number of amides is 2. The topological polar surface area (TPSA) is 86.8 Å². The third kappa shape index (κ3) is 7.74. The Kier molecular flexibility index (Phi) is 9.94. The Labute approximate surface area is 208 Å². The van der Waals surface area contributed by atoms with Crippen LogP contribution in [-0.2, 0) is 26.2 Å². The van der Waals surface area contributed by atoms with E-state index in [4.69, 9.17) is 11.6 Å². The monoisotopic (exact) mass is 507 g/mol. The van der Waals surface area contributed by atoms with Crippen molar-refractivity contribution in [3.05, 3.63) is 64.7 Å². The molecule has 2 aromatic rings. The smallest absolute Gasteiger partial charge is 0.244 e. The predicted molar refractivity (Wildman–Crippen MR) is 137 cm³/mol. The normalized spacial score (nSPS) is 12.3. The van der Waals surface area contributed by atoms with Gasteiger partial charge >= 0.3 is 0 Å². The standard InChI is InChI=1S/C25H34ClN3O4S/c1-6-22(25(31)27-15-18(2)3)28(16-20-13-11-19(4)12-14-20)24(30)17-29(34(5,32)33)23-10-8-7-9-21(23)26/h7-14,18,22H,6,15-17H2,1-5H3,(H,27,31). The molecule has 0 aliphatic carbocycles. The minimum atomic E-state index is -3.82. The summed E-state index contributed by atoms with van der Waals surface area (Å²) in [6.45, 7) is 7.96. The number of benzene rings is 2. The minimum absolute atomic E-state index is 0.173. The fraction of sp³-hybridized carbons (Fsp3) is 0.440. The summed E-state index contributed by atoms with van der Waals surface area (Å²) in [6, 6.07) is 13.4. The number of aryl methyl sites for hydroxylation is 1. The minimum Gasteiger partial charge on any atom is -0.354 e. The molecule has 0 aliphatic rings. The molecule has 0 aliphatic heterocycles. The van der Waals surface area contributed by atoms with Gasteiger partial charge in [-0.3, -0.25) is 13.9 Å². The quantitative estimate of drug-likeness (QED) is 0.498. The van der Waals surface area contributed by atoms with Gasteiger partial charge in [0.1, 0.15) is 12.6 Å². The first-order valence-corrected chi connectivity index (χ1v) is 13.5. The van der Waals surface area contributed by atoms with Gasteiger partial charge in [-0.1, -0.05) is 74.3 Å². The van der Waals surface area contributed by atoms with Crippen LogP contribution < -0.4 is 9.62 Å². The molecule has 9 heteroatoms. The van der Waals surface area contributed by atoms with Gasteiger partial charge in [0.05, 0.1) is 17.0 Å². The molecule has 1 N–H and O–H groups in total. The molecular formula is C25H34ClN3O4S. The molecule has 1 unspecified atom stereocenters. The molecule has 2 aromatic carbocycles. The third-order valence-electron chi connectivity index (χ3n) is 5.34. The number of halogens is 1. The van der Waals surface area contributed by atoms with E-state index in [1.54, 1.807) is 24.3 Å². The van der Waals surface area contributed by atoms with E-state index in [2.05, 4.69) is 5.32 Å². The Morgan fingerprint density at radius 1 is 1.06 bits per heavy atom. The van der Waals surface area contributed by atoms with Gasteiger partial charge < -0.3 is 10.2 Å². The predicted octanol–water partition coefficient (Wildman–Crippen LogP) is 3.99. The zero-order valence-electron chi connectivity index (χ0n) is 20.4. The van der Waals surface area contributed by atoms with E-state index in [0.29, 0.717) is 13.0 Å². The highest BCUT2D eigenvalue weighted by molar-refractivity contribution is 7.92. The maximum atomic E-state index is 13.6. The summed E-state index contributed by atoms with van der Waals surface area (Å²) in [5.41, 5.74) is 2.13. The Hall–Kier alpha value is -2.58. The SMILES string of the molecule is CCC(C(=O)NCC(C)C)N(Cc1ccc(C)cc1)C(=O)CN(c1ccccc1Cl)S(C)(=O)=O. The average molecular weight is 508 g/mol. The fourth-order valence-corrected chi connectivity index (χ4v) is 4.63. The third-order valence-corrected chi connectivity index (χ3v) is 6.79. The van der Waals surface area contributed by atoms with Crippen LogP contribution in [0.3, 0.4) is 0 Å². The number of rotatable bonds is 11. The maximum Gasteiger partial charge on any atom is 0.244 e. The number of hydrogen-bond donors (Lipinski definition) is 1. The van der Waals surface area contributed by atoms with Crippen LogP contribution in [0.25, 0.3) is 0 Å². The summed E-state index contributed by atoms with van der Waals surface area (Å²) in [5, 5.41) is 3.12. The van der Waals surface area contributed by atoms with Gasteiger partial charge in [0.2, 0.25) is 21.8 Å². The van der Waals surface area contributed by atoms with Crippen molar-refractivity contribution in [2.75, 3.05) is 23.7 Å². The highest BCUT2D eigenvalue weighted by atomic mass is 35.5. The number of hydrogen-bond acceptors (Lipinski definition) is 4. The van der Waals surface area contributed by atoms with Gasteiger partial charge in [0, 0.05) is 13.1 Å². The van der Waals surface area contributed by atoms with E-state index in [1.165, 1.54) is 4.90 Å². The lowest BCUT2D eigenvalue weighted by atomic mass is 10.1. The summed E-state index contributed by atoms with van der Waals surface area (Å²) in [6.07, 6.45) is 1.41. The largest absolute Gasteiger partial charge is 0.354 e. The van der Waals surface area contributed by atoms with Crippen molar-refractivity contribution in [1.82, 2.24) is 10.2 Å². The summed E-state index contributed by atoms with van der Waals surface area (Å²) < 4.78 is 26.2. The second-order valence-electron chi connectivity index (χ2n) is 8.79. The van der Waals surface area contributed by atoms with Crippen molar-refractivity contribution in [1.29, 1.82) is 0 Å². The van der Waals surface area contributed by atoms with Crippen molar-refractivity contribution in [3.8, 4) is 0 Å². The molecule has 0 saturated carbocycles. The zero-order valence-corrected chi connectivity index (χ0v) is 22.0. The van der Waals surface area contributed by atoms with Crippen LogP contribution in [0.5, 0.6) is 0 Å². The molecule has 0 saturated heterocycles. The number of nitrogens with one attached hydrogen (secondary N) is 1. The molecule has 0 heterocycles. The van der Waals surface area contributed by atoms with Crippen molar-refractivity contribution in [3.63, 3.8) is 0 Å². The van der Waals surface area contributed by atoms with E-state index < -0.39 is 28.5 Å². The van der Waals surface area contributed by atoms with Crippen LogP contribution in [0.4, 0.5) is 5.69 Å². The lowest BCUT2D eigenvalue weighted by molar-refractivity contribution is -0.140. The van der Waals surface area contributed by atoms with Gasteiger partial charge in [-0.05, 0) is 37.0 Å². The molecule has 7 nitrogen and oxygen atoms in total. The molecule has 34 heavy (non-hydrogen) atoms. The molecule has 0 aromatic heterocycles. The van der Waals surface area contributed by atoms with Crippen LogP contribution in [0.2, 0.25) is 5.02 Å². The summed E-state index contributed by atoms with van der Waals surface area (Å²) >= 11 is 6.25. The molecule has 0 bridgehead atoms. The maximum absolute atomic E-state index is 13.6. The van der Waals surface area contributed by atoms with Gasteiger partial charge in [-0.15, -0.1) is 0 Å². The van der Waals surface area contributed by atoms with E-state index in [9.17, 15) is 18.0 Å². The van der Waals surface area contributed by atoms with Crippen molar-refractivity contribution in [2.45, 2.75) is 46.7 Å². The van der Waals surface area contributed by atoms with Crippen LogP contribution in [0, 0.1) is 12.8 Å². The molecular weight excluding hydrogens is 474 g/mol.